The van der Waals surface area contributed by atoms with Gasteiger partial charge in [0, 0.05) is 6.07 Å². The summed E-state index contributed by atoms with van der Waals surface area (Å²) in [5.41, 5.74) is 0. The number of ether oxygens (including phenoxy) is 1. The summed E-state index contributed by atoms with van der Waals surface area (Å²) in [6.07, 6.45) is -1.64. The molecule has 3 nitrogen and oxygen atoms in total. The fraction of sp³-hybridized carbons (Fsp3) is 0.333. The van der Waals surface area contributed by atoms with Gasteiger partial charge in [0.1, 0.15) is 5.75 Å². The molecule has 0 radical (unpaired) electrons. The van der Waals surface area contributed by atoms with Crippen LogP contribution in [0.2, 0.25) is 0 Å². The Bertz CT molecular complexity index is 242. The quantitative estimate of drug-likeness (QED) is 0.702. The standard InChI is InChI=1S/C6H5F3N2O/c7-4-6(8,9)12-5-1-2-10-11-3-5/h1-3H,4H2. The van der Waals surface area contributed by atoms with Gasteiger partial charge in [0.2, 0.25) is 0 Å². The van der Waals surface area contributed by atoms with Crippen molar-refractivity contribution in [2.75, 3.05) is 6.67 Å². The summed E-state index contributed by atoms with van der Waals surface area (Å²) in [6, 6.07) is 1.16. The highest BCUT2D eigenvalue weighted by Gasteiger charge is 2.31. The van der Waals surface area contributed by atoms with E-state index >= 15 is 0 Å². The van der Waals surface area contributed by atoms with Gasteiger partial charge in [0.25, 0.3) is 0 Å². The molecule has 0 aliphatic rings. The molecular formula is C6H5F3N2O. The van der Waals surface area contributed by atoms with Crippen molar-refractivity contribution in [3.05, 3.63) is 18.5 Å². The fourth-order valence-electron chi connectivity index (χ4n) is 0.539. The van der Waals surface area contributed by atoms with Crippen LogP contribution in [0, 0.1) is 0 Å². The zero-order valence-electron chi connectivity index (χ0n) is 5.88. The number of rotatable bonds is 3. The molecule has 0 unspecified atom stereocenters. The Morgan fingerprint density at radius 2 is 2.17 bits per heavy atom. The van der Waals surface area contributed by atoms with E-state index < -0.39 is 12.8 Å². The normalized spacial score (nSPS) is 11.2. The van der Waals surface area contributed by atoms with E-state index in [4.69, 9.17) is 0 Å². The largest absolute Gasteiger partial charge is 0.429 e. The van der Waals surface area contributed by atoms with Gasteiger partial charge in [-0.2, -0.15) is 19.0 Å². The zero-order chi connectivity index (χ0) is 9.03. The molecule has 1 heterocycles. The second kappa shape index (κ2) is 3.38. The predicted molar refractivity (Wildman–Crippen MR) is 33.6 cm³/mol. The van der Waals surface area contributed by atoms with Crippen LogP contribution in [-0.4, -0.2) is 23.0 Å². The van der Waals surface area contributed by atoms with Crippen LogP contribution in [-0.2, 0) is 0 Å². The Kier molecular flexibility index (Phi) is 2.47. The average Bonchev–Trinajstić information content (AvgIpc) is 2.06. The minimum atomic E-state index is -3.79. The predicted octanol–water partition coefficient (Wildman–Crippen LogP) is 1.42. The van der Waals surface area contributed by atoms with Crippen molar-refractivity contribution in [1.29, 1.82) is 0 Å². The highest BCUT2D eigenvalue weighted by Crippen LogP contribution is 2.19. The highest BCUT2D eigenvalue weighted by atomic mass is 19.3. The van der Waals surface area contributed by atoms with Crippen LogP contribution in [0.4, 0.5) is 13.2 Å². The summed E-state index contributed by atoms with van der Waals surface area (Å²) >= 11 is 0. The summed E-state index contributed by atoms with van der Waals surface area (Å²) in [7, 11) is 0. The first-order chi connectivity index (χ1) is 5.64. The third-order valence-electron chi connectivity index (χ3n) is 0.980. The Morgan fingerprint density at radius 3 is 2.67 bits per heavy atom. The third-order valence-corrected chi connectivity index (χ3v) is 0.980. The van der Waals surface area contributed by atoms with Crippen LogP contribution in [0.25, 0.3) is 0 Å². The molecule has 0 aliphatic heterocycles. The minimum absolute atomic E-state index is 0.215. The molecule has 0 fully saturated rings. The first-order valence-electron chi connectivity index (χ1n) is 3.03. The summed E-state index contributed by atoms with van der Waals surface area (Å²) < 4.78 is 39.9. The van der Waals surface area contributed by atoms with Crippen molar-refractivity contribution in [2.45, 2.75) is 6.11 Å². The summed E-state index contributed by atoms with van der Waals surface area (Å²) in [4.78, 5) is 0. The molecule has 1 aromatic heterocycles. The Labute approximate surface area is 66.2 Å². The number of hydrogen-bond donors (Lipinski definition) is 0. The SMILES string of the molecule is FCC(F)(F)Oc1ccnnc1. The molecule has 0 atom stereocenters. The second-order valence-electron chi connectivity index (χ2n) is 1.95. The molecule has 0 aromatic carbocycles. The first-order valence-corrected chi connectivity index (χ1v) is 3.03. The van der Waals surface area contributed by atoms with Gasteiger partial charge in [-0.1, -0.05) is 0 Å². The van der Waals surface area contributed by atoms with Gasteiger partial charge in [-0.3, -0.25) is 0 Å². The maximum atomic E-state index is 12.2. The molecule has 0 spiro atoms. The molecule has 1 aromatic rings. The van der Waals surface area contributed by atoms with E-state index in [0.29, 0.717) is 0 Å². The number of hydrogen-bond acceptors (Lipinski definition) is 3. The maximum Gasteiger partial charge on any atom is 0.427 e. The van der Waals surface area contributed by atoms with Crippen LogP contribution in [0.1, 0.15) is 0 Å². The van der Waals surface area contributed by atoms with E-state index in [1.165, 1.54) is 6.20 Å². The number of aromatic nitrogens is 2. The topological polar surface area (TPSA) is 35.0 Å². The van der Waals surface area contributed by atoms with Gasteiger partial charge in [-0.05, 0) is 0 Å². The van der Waals surface area contributed by atoms with E-state index in [0.717, 1.165) is 12.3 Å². The van der Waals surface area contributed by atoms with Gasteiger partial charge in [-0.15, -0.1) is 0 Å². The van der Waals surface area contributed by atoms with Crippen molar-refractivity contribution in [3.8, 4) is 5.75 Å². The molecule has 0 bridgehead atoms. The van der Waals surface area contributed by atoms with E-state index in [1.807, 2.05) is 0 Å². The van der Waals surface area contributed by atoms with Gasteiger partial charge in [-0.25, -0.2) is 4.39 Å². The lowest BCUT2D eigenvalue weighted by Crippen LogP contribution is -2.27. The second-order valence-corrected chi connectivity index (χ2v) is 1.95. The van der Waals surface area contributed by atoms with E-state index in [-0.39, 0.29) is 5.75 Å². The molecule has 6 heteroatoms. The van der Waals surface area contributed by atoms with Gasteiger partial charge >= 0.3 is 6.11 Å². The lowest BCUT2D eigenvalue weighted by atomic mass is 10.5. The maximum absolute atomic E-state index is 12.2. The number of alkyl halides is 3. The minimum Gasteiger partial charge on any atom is -0.429 e. The Hall–Kier alpha value is -1.33. The van der Waals surface area contributed by atoms with Crippen LogP contribution in [0.5, 0.6) is 5.75 Å². The lowest BCUT2D eigenvalue weighted by Gasteiger charge is -2.12. The molecule has 0 saturated heterocycles. The van der Waals surface area contributed by atoms with Crippen LogP contribution < -0.4 is 4.74 Å². The molecule has 0 amide bonds. The first kappa shape index (κ1) is 8.76. The van der Waals surface area contributed by atoms with E-state index in [1.54, 1.807) is 0 Å². The highest BCUT2D eigenvalue weighted by molar-refractivity contribution is 5.13. The Balaban J connectivity index is 2.64. The van der Waals surface area contributed by atoms with Crippen molar-refractivity contribution in [1.82, 2.24) is 10.2 Å². The van der Waals surface area contributed by atoms with Crippen LogP contribution in [0.15, 0.2) is 18.5 Å². The van der Waals surface area contributed by atoms with Gasteiger partial charge in [0.15, 0.2) is 6.67 Å². The molecule has 0 N–H and O–H groups in total. The molecule has 0 aliphatic carbocycles. The molecule has 66 valence electrons. The van der Waals surface area contributed by atoms with E-state index in [9.17, 15) is 13.2 Å². The molecule has 0 saturated carbocycles. The van der Waals surface area contributed by atoms with Crippen LogP contribution >= 0.6 is 0 Å². The fourth-order valence-corrected chi connectivity index (χ4v) is 0.539. The van der Waals surface area contributed by atoms with Crippen molar-refractivity contribution in [3.63, 3.8) is 0 Å². The lowest BCUT2D eigenvalue weighted by molar-refractivity contribution is -0.186. The van der Waals surface area contributed by atoms with Crippen molar-refractivity contribution < 1.29 is 17.9 Å². The van der Waals surface area contributed by atoms with Gasteiger partial charge < -0.3 is 4.74 Å². The number of nitrogens with zero attached hydrogens (tertiary/aromatic N) is 2. The molecule has 1 rings (SSSR count). The zero-order valence-corrected chi connectivity index (χ0v) is 5.88. The number of halogens is 3. The Morgan fingerprint density at radius 1 is 1.42 bits per heavy atom. The summed E-state index contributed by atoms with van der Waals surface area (Å²) in [5.74, 6) is -0.215. The summed E-state index contributed by atoms with van der Waals surface area (Å²) in [6.45, 7) is -1.87. The molecular weight excluding hydrogens is 173 g/mol. The monoisotopic (exact) mass is 178 g/mol. The average molecular weight is 178 g/mol. The summed E-state index contributed by atoms with van der Waals surface area (Å²) in [5, 5.41) is 6.60. The van der Waals surface area contributed by atoms with Crippen molar-refractivity contribution in [2.24, 2.45) is 0 Å². The van der Waals surface area contributed by atoms with Crippen LogP contribution in [0.3, 0.4) is 0 Å². The third kappa shape index (κ3) is 2.37. The van der Waals surface area contributed by atoms with E-state index in [2.05, 4.69) is 14.9 Å². The molecule has 12 heavy (non-hydrogen) atoms. The van der Waals surface area contributed by atoms with Gasteiger partial charge in [0.05, 0.1) is 12.4 Å². The van der Waals surface area contributed by atoms with Crippen molar-refractivity contribution >= 4 is 0 Å². The smallest absolute Gasteiger partial charge is 0.427 e.